The summed E-state index contributed by atoms with van der Waals surface area (Å²) in [5.74, 6) is 0. The molecule has 1 nitrogen and oxygen atoms in total. The SMILES string of the molecule is CCCC[Si](CC)OCCCc1ccccc1. The first-order valence-electron chi connectivity index (χ1n) is 6.88. The van der Waals surface area contributed by atoms with Gasteiger partial charge >= 0.3 is 0 Å². The largest absolute Gasteiger partial charge is 0.417 e. The normalized spacial score (nSPS) is 11.0. The summed E-state index contributed by atoms with van der Waals surface area (Å²) in [5.41, 5.74) is 1.43. The van der Waals surface area contributed by atoms with Crippen LogP contribution in [0.3, 0.4) is 0 Å². The maximum Gasteiger partial charge on any atom is 0.211 e. The Kier molecular flexibility index (Phi) is 8.02. The van der Waals surface area contributed by atoms with E-state index in [-0.39, 0.29) is 0 Å². The van der Waals surface area contributed by atoms with Crippen molar-refractivity contribution in [2.75, 3.05) is 6.61 Å². The fourth-order valence-corrected chi connectivity index (χ4v) is 3.75. The van der Waals surface area contributed by atoms with Crippen LogP contribution in [0.5, 0.6) is 0 Å². The van der Waals surface area contributed by atoms with E-state index >= 15 is 0 Å². The van der Waals surface area contributed by atoms with Gasteiger partial charge in [-0.15, -0.1) is 0 Å². The highest BCUT2D eigenvalue weighted by atomic mass is 28.3. The Morgan fingerprint density at radius 2 is 1.82 bits per heavy atom. The van der Waals surface area contributed by atoms with E-state index in [2.05, 4.69) is 44.2 Å². The molecule has 0 aromatic heterocycles. The molecule has 0 aliphatic heterocycles. The van der Waals surface area contributed by atoms with Gasteiger partial charge in [-0.05, 0) is 30.5 Å². The first-order chi connectivity index (χ1) is 8.36. The van der Waals surface area contributed by atoms with Crippen molar-refractivity contribution in [1.82, 2.24) is 0 Å². The average Bonchev–Trinajstić information content (AvgIpc) is 2.39. The Bertz CT molecular complexity index is 274. The molecule has 17 heavy (non-hydrogen) atoms. The fourth-order valence-electron chi connectivity index (χ4n) is 1.86. The minimum absolute atomic E-state index is 0.500. The van der Waals surface area contributed by atoms with Crippen molar-refractivity contribution in [3.63, 3.8) is 0 Å². The minimum Gasteiger partial charge on any atom is -0.417 e. The lowest BCUT2D eigenvalue weighted by Gasteiger charge is -2.13. The van der Waals surface area contributed by atoms with Gasteiger partial charge in [0.2, 0.25) is 9.04 Å². The molecule has 0 atom stereocenters. The highest BCUT2D eigenvalue weighted by Crippen LogP contribution is 2.08. The summed E-state index contributed by atoms with van der Waals surface area (Å²) in [6.45, 7) is 5.46. The first kappa shape index (κ1) is 14.5. The zero-order chi connectivity index (χ0) is 12.3. The molecule has 0 amide bonds. The third-order valence-corrected chi connectivity index (χ3v) is 5.27. The molecular weight excluding hydrogens is 224 g/mol. The molecule has 1 radical (unpaired) electrons. The molecule has 1 aromatic carbocycles. The molecular formula is C15H25OSi. The maximum absolute atomic E-state index is 6.02. The summed E-state index contributed by atoms with van der Waals surface area (Å²) >= 11 is 0. The molecule has 0 unspecified atom stereocenters. The Morgan fingerprint density at radius 3 is 2.47 bits per heavy atom. The minimum atomic E-state index is -0.500. The molecule has 0 N–H and O–H groups in total. The summed E-state index contributed by atoms with van der Waals surface area (Å²) in [5, 5.41) is 0. The topological polar surface area (TPSA) is 9.23 Å². The van der Waals surface area contributed by atoms with Crippen molar-refractivity contribution >= 4 is 9.04 Å². The van der Waals surface area contributed by atoms with Crippen LogP contribution in [-0.2, 0) is 10.8 Å². The molecule has 0 spiro atoms. The molecule has 95 valence electrons. The molecule has 0 aliphatic rings. The first-order valence-corrected chi connectivity index (χ1v) is 8.70. The lowest BCUT2D eigenvalue weighted by molar-refractivity contribution is 0.311. The lowest BCUT2D eigenvalue weighted by atomic mass is 10.1. The zero-order valence-electron chi connectivity index (χ0n) is 11.2. The van der Waals surface area contributed by atoms with Gasteiger partial charge in [0.05, 0.1) is 0 Å². The van der Waals surface area contributed by atoms with Crippen LogP contribution >= 0.6 is 0 Å². The van der Waals surface area contributed by atoms with Gasteiger partial charge in [-0.1, -0.05) is 57.0 Å². The second-order valence-corrected chi connectivity index (χ2v) is 7.01. The molecule has 1 rings (SSSR count). The van der Waals surface area contributed by atoms with Gasteiger partial charge in [-0.2, -0.15) is 0 Å². The van der Waals surface area contributed by atoms with Gasteiger partial charge in [0.15, 0.2) is 0 Å². The van der Waals surface area contributed by atoms with E-state index in [4.69, 9.17) is 4.43 Å². The molecule has 1 aromatic rings. The quantitative estimate of drug-likeness (QED) is 0.464. The van der Waals surface area contributed by atoms with E-state index in [9.17, 15) is 0 Å². The smallest absolute Gasteiger partial charge is 0.211 e. The van der Waals surface area contributed by atoms with Gasteiger partial charge in [-0.25, -0.2) is 0 Å². The zero-order valence-corrected chi connectivity index (χ0v) is 12.2. The van der Waals surface area contributed by atoms with Gasteiger partial charge in [-0.3, -0.25) is 0 Å². The predicted octanol–water partition coefficient (Wildman–Crippen LogP) is 4.45. The lowest BCUT2D eigenvalue weighted by Crippen LogP contribution is -2.17. The van der Waals surface area contributed by atoms with Crippen molar-refractivity contribution in [2.24, 2.45) is 0 Å². The number of aryl methyl sites for hydroxylation is 1. The summed E-state index contributed by atoms with van der Waals surface area (Å²) in [6.07, 6.45) is 4.93. The molecule has 0 saturated heterocycles. The van der Waals surface area contributed by atoms with Gasteiger partial charge in [0.1, 0.15) is 0 Å². The van der Waals surface area contributed by atoms with Crippen molar-refractivity contribution in [1.29, 1.82) is 0 Å². The number of unbranched alkanes of at least 4 members (excludes halogenated alkanes) is 1. The standard InChI is InChI=1S/C15H25OSi/c1-3-5-14-17(4-2)16-13-9-12-15-10-7-6-8-11-15/h6-8,10-11H,3-5,9,12-14H2,1-2H3. The monoisotopic (exact) mass is 249 g/mol. The number of hydrogen-bond acceptors (Lipinski definition) is 1. The molecule has 0 fully saturated rings. The molecule has 0 saturated carbocycles. The molecule has 2 heteroatoms. The highest BCUT2D eigenvalue weighted by molar-refractivity contribution is 6.51. The van der Waals surface area contributed by atoms with Gasteiger partial charge < -0.3 is 4.43 Å². The van der Waals surface area contributed by atoms with E-state index < -0.39 is 9.04 Å². The van der Waals surface area contributed by atoms with Crippen molar-refractivity contribution < 1.29 is 4.43 Å². The van der Waals surface area contributed by atoms with E-state index in [0.29, 0.717) is 0 Å². The Labute approximate surface area is 108 Å². The summed E-state index contributed by atoms with van der Waals surface area (Å²) in [7, 11) is -0.500. The van der Waals surface area contributed by atoms with E-state index in [1.54, 1.807) is 0 Å². The van der Waals surface area contributed by atoms with Gasteiger partial charge in [0.25, 0.3) is 0 Å². The van der Waals surface area contributed by atoms with Crippen molar-refractivity contribution in [3.8, 4) is 0 Å². The summed E-state index contributed by atoms with van der Waals surface area (Å²) < 4.78 is 6.02. The third-order valence-electron chi connectivity index (χ3n) is 2.96. The van der Waals surface area contributed by atoms with Crippen LogP contribution in [0.4, 0.5) is 0 Å². The van der Waals surface area contributed by atoms with Crippen LogP contribution in [0.15, 0.2) is 30.3 Å². The highest BCUT2D eigenvalue weighted by Gasteiger charge is 2.09. The average molecular weight is 249 g/mol. The van der Waals surface area contributed by atoms with E-state index in [1.165, 1.54) is 30.5 Å². The number of hydrogen-bond donors (Lipinski definition) is 0. The summed E-state index contributed by atoms with van der Waals surface area (Å²) in [4.78, 5) is 0. The van der Waals surface area contributed by atoms with Crippen LogP contribution in [0.25, 0.3) is 0 Å². The van der Waals surface area contributed by atoms with Crippen molar-refractivity contribution in [3.05, 3.63) is 35.9 Å². The number of rotatable bonds is 9. The Hall–Kier alpha value is -0.603. The third kappa shape index (κ3) is 6.64. The van der Waals surface area contributed by atoms with Crippen LogP contribution < -0.4 is 0 Å². The second kappa shape index (κ2) is 9.43. The fraction of sp³-hybridized carbons (Fsp3) is 0.600. The van der Waals surface area contributed by atoms with Crippen LogP contribution in [0, 0.1) is 0 Å². The number of benzene rings is 1. The Balaban J connectivity index is 2.10. The second-order valence-electron chi connectivity index (χ2n) is 4.43. The van der Waals surface area contributed by atoms with Gasteiger partial charge in [0, 0.05) is 6.61 Å². The maximum atomic E-state index is 6.02. The van der Waals surface area contributed by atoms with E-state index in [1.807, 2.05) is 0 Å². The van der Waals surface area contributed by atoms with E-state index in [0.717, 1.165) is 19.4 Å². The predicted molar refractivity (Wildman–Crippen MR) is 76.7 cm³/mol. The summed E-state index contributed by atoms with van der Waals surface area (Å²) in [6, 6.07) is 13.3. The Morgan fingerprint density at radius 1 is 1.06 bits per heavy atom. The van der Waals surface area contributed by atoms with Crippen LogP contribution in [0.2, 0.25) is 12.1 Å². The molecule has 0 aliphatic carbocycles. The van der Waals surface area contributed by atoms with Crippen LogP contribution in [0.1, 0.15) is 38.7 Å². The van der Waals surface area contributed by atoms with Crippen LogP contribution in [-0.4, -0.2) is 15.6 Å². The van der Waals surface area contributed by atoms with Crippen molar-refractivity contribution in [2.45, 2.75) is 51.6 Å². The molecule has 0 heterocycles. The molecule has 0 bridgehead atoms.